The first kappa shape index (κ1) is 17.6. The van der Waals surface area contributed by atoms with E-state index in [0.717, 1.165) is 0 Å². The van der Waals surface area contributed by atoms with Gasteiger partial charge in [-0.15, -0.1) is 0 Å². The largest absolute Gasteiger partial charge is 0.406 e. The lowest BCUT2D eigenvalue weighted by atomic mass is 10.4. The van der Waals surface area contributed by atoms with Gasteiger partial charge in [-0.05, 0) is 46.2 Å². The standard InChI is InChI=1S/C12H26O4Si2/c1-10(2)11(13)14-12(3,15-17(4,5)6)16-18(7,8)9/h1H2,2-9H3. The topological polar surface area (TPSA) is 44.8 Å². The van der Waals surface area contributed by atoms with Crippen LogP contribution in [0.15, 0.2) is 12.2 Å². The quantitative estimate of drug-likeness (QED) is 0.325. The maximum absolute atomic E-state index is 11.7. The molecule has 0 spiro atoms. The molecule has 0 N–H and O–H groups in total. The first-order valence-electron chi connectivity index (χ1n) is 6.03. The van der Waals surface area contributed by atoms with Crippen LogP contribution < -0.4 is 0 Å². The van der Waals surface area contributed by atoms with Crippen LogP contribution in [0.4, 0.5) is 0 Å². The fourth-order valence-electron chi connectivity index (χ4n) is 1.43. The average Bonchev–Trinajstić information content (AvgIpc) is 1.93. The Balaban J connectivity index is 5.03. The van der Waals surface area contributed by atoms with E-state index >= 15 is 0 Å². The Bertz CT molecular complexity index is 310. The molecule has 0 radical (unpaired) electrons. The van der Waals surface area contributed by atoms with E-state index in [9.17, 15) is 4.79 Å². The molecule has 0 rings (SSSR count). The minimum Gasteiger partial charge on any atom is -0.406 e. The van der Waals surface area contributed by atoms with Gasteiger partial charge in [0.1, 0.15) is 0 Å². The van der Waals surface area contributed by atoms with E-state index in [1.807, 2.05) is 39.3 Å². The molecule has 0 atom stereocenters. The summed E-state index contributed by atoms with van der Waals surface area (Å²) in [6.45, 7) is 19.0. The fraction of sp³-hybridized carbons (Fsp3) is 0.750. The Morgan fingerprint density at radius 1 is 1.00 bits per heavy atom. The van der Waals surface area contributed by atoms with E-state index in [2.05, 4.69) is 6.58 Å². The van der Waals surface area contributed by atoms with Crippen molar-refractivity contribution in [2.24, 2.45) is 0 Å². The van der Waals surface area contributed by atoms with Crippen LogP contribution in [0.2, 0.25) is 39.3 Å². The molecule has 0 heterocycles. The molecule has 0 aromatic rings. The van der Waals surface area contributed by atoms with Crippen LogP contribution >= 0.6 is 0 Å². The van der Waals surface area contributed by atoms with Crippen LogP contribution in [0.3, 0.4) is 0 Å². The zero-order chi connectivity index (χ0) is 14.8. The van der Waals surface area contributed by atoms with Crippen molar-refractivity contribution >= 4 is 22.6 Å². The zero-order valence-electron chi connectivity index (χ0n) is 12.8. The van der Waals surface area contributed by atoms with Crippen molar-refractivity contribution in [2.45, 2.75) is 59.1 Å². The minimum absolute atomic E-state index is 0.333. The molecule has 0 fully saturated rings. The van der Waals surface area contributed by atoms with Crippen molar-refractivity contribution in [3.05, 3.63) is 12.2 Å². The summed E-state index contributed by atoms with van der Waals surface area (Å²) in [5, 5.41) is 0. The molecule has 0 bridgehead atoms. The molecule has 0 amide bonds. The molecule has 0 saturated heterocycles. The summed E-state index contributed by atoms with van der Waals surface area (Å²) in [6, 6.07) is 0. The van der Waals surface area contributed by atoms with Crippen LogP contribution in [0.25, 0.3) is 0 Å². The van der Waals surface area contributed by atoms with Gasteiger partial charge < -0.3 is 13.6 Å². The van der Waals surface area contributed by atoms with Crippen LogP contribution in [-0.4, -0.2) is 28.6 Å². The number of rotatable bonds is 6. The molecular formula is C12H26O4Si2. The highest BCUT2D eigenvalue weighted by Gasteiger charge is 2.40. The highest BCUT2D eigenvalue weighted by molar-refractivity contribution is 6.70. The maximum Gasteiger partial charge on any atom is 0.337 e. The SMILES string of the molecule is C=C(C)C(=O)OC(C)(O[Si](C)(C)C)O[Si](C)(C)C. The molecule has 4 nitrogen and oxygen atoms in total. The molecule has 106 valence electrons. The average molecular weight is 291 g/mol. The van der Waals surface area contributed by atoms with Gasteiger partial charge in [0.2, 0.25) is 0 Å². The van der Waals surface area contributed by atoms with E-state index in [0.29, 0.717) is 5.57 Å². The summed E-state index contributed by atoms with van der Waals surface area (Å²) < 4.78 is 17.1. The van der Waals surface area contributed by atoms with E-state index in [1.54, 1.807) is 13.8 Å². The highest BCUT2D eigenvalue weighted by atomic mass is 28.4. The van der Waals surface area contributed by atoms with Gasteiger partial charge in [0.25, 0.3) is 0 Å². The molecule has 6 heteroatoms. The highest BCUT2D eigenvalue weighted by Crippen LogP contribution is 2.26. The second-order valence-electron chi connectivity index (χ2n) is 6.46. The smallest absolute Gasteiger partial charge is 0.337 e. The van der Waals surface area contributed by atoms with Gasteiger partial charge in [-0.3, -0.25) is 0 Å². The Kier molecular flexibility index (Phi) is 5.55. The fourth-order valence-corrected chi connectivity index (χ4v) is 3.91. The van der Waals surface area contributed by atoms with Gasteiger partial charge in [-0.25, -0.2) is 4.79 Å². The second kappa shape index (κ2) is 5.69. The number of ether oxygens (including phenoxy) is 1. The maximum atomic E-state index is 11.7. The summed E-state index contributed by atoms with van der Waals surface area (Å²) in [5.41, 5.74) is 0.333. The summed E-state index contributed by atoms with van der Waals surface area (Å²) >= 11 is 0. The van der Waals surface area contributed by atoms with Gasteiger partial charge in [-0.1, -0.05) is 6.58 Å². The molecule has 0 aliphatic carbocycles. The molecule has 0 unspecified atom stereocenters. The third-order valence-corrected chi connectivity index (χ3v) is 3.58. The first-order valence-corrected chi connectivity index (χ1v) is 12.8. The second-order valence-corrected chi connectivity index (χ2v) is 15.3. The summed E-state index contributed by atoms with van der Waals surface area (Å²) in [6.07, 6.45) is 0. The Labute approximate surface area is 113 Å². The minimum atomic E-state index is -1.90. The summed E-state index contributed by atoms with van der Waals surface area (Å²) in [4.78, 5) is 11.7. The molecule has 18 heavy (non-hydrogen) atoms. The van der Waals surface area contributed by atoms with Crippen LogP contribution in [0.5, 0.6) is 0 Å². The van der Waals surface area contributed by atoms with Crippen molar-refractivity contribution in [1.82, 2.24) is 0 Å². The Hall–Kier alpha value is -0.436. The van der Waals surface area contributed by atoms with E-state index in [-0.39, 0.29) is 0 Å². The lowest BCUT2D eigenvalue weighted by Gasteiger charge is -2.38. The Morgan fingerprint density at radius 2 is 1.33 bits per heavy atom. The summed E-state index contributed by atoms with van der Waals surface area (Å²) in [7, 11) is -3.81. The third kappa shape index (κ3) is 7.81. The van der Waals surface area contributed by atoms with Gasteiger partial charge in [0.05, 0.1) is 0 Å². The van der Waals surface area contributed by atoms with Crippen molar-refractivity contribution in [1.29, 1.82) is 0 Å². The normalized spacial score (nSPS) is 13.3. The van der Waals surface area contributed by atoms with Crippen molar-refractivity contribution < 1.29 is 18.4 Å². The molecule has 0 aliphatic heterocycles. The molecule has 0 aliphatic rings. The van der Waals surface area contributed by atoms with Gasteiger partial charge in [0, 0.05) is 12.5 Å². The van der Waals surface area contributed by atoms with Gasteiger partial charge >= 0.3 is 11.9 Å². The van der Waals surface area contributed by atoms with E-state index in [4.69, 9.17) is 13.6 Å². The number of esters is 1. The van der Waals surface area contributed by atoms with E-state index in [1.165, 1.54) is 0 Å². The van der Waals surface area contributed by atoms with Gasteiger partial charge in [-0.2, -0.15) is 0 Å². The van der Waals surface area contributed by atoms with Crippen LogP contribution in [0, 0.1) is 0 Å². The Morgan fingerprint density at radius 3 is 1.56 bits per heavy atom. The number of carbonyl (C=O) groups excluding carboxylic acids is 1. The van der Waals surface area contributed by atoms with Crippen LogP contribution in [0.1, 0.15) is 13.8 Å². The molecular weight excluding hydrogens is 264 g/mol. The number of hydrogen-bond donors (Lipinski definition) is 0. The summed E-state index contributed by atoms with van der Waals surface area (Å²) in [5.74, 6) is -1.81. The van der Waals surface area contributed by atoms with Gasteiger partial charge in [0.15, 0.2) is 16.6 Å². The first-order chi connectivity index (χ1) is 7.74. The zero-order valence-corrected chi connectivity index (χ0v) is 14.8. The number of carbonyl (C=O) groups is 1. The third-order valence-electron chi connectivity index (χ3n) is 1.61. The van der Waals surface area contributed by atoms with Crippen molar-refractivity contribution in [3.63, 3.8) is 0 Å². The monoisotopic (exact) mass is 290 g/mol. The molecule has 0 aromatic carbocycles. The molecule has 0 aromatic heterocycles. The van der Waals surface area contributed by atoms with Crippen molar-refractivity contribution in [3.8, 4) is 0 Å². The van der Waals surface area contributed by atoms with Crippen LogP contribution in [-0.2, 0) is 18.4 Å². The lowest BCUT2D eigenvalue weighted by Crippen LogP contribution is -2.51. The van der Waals surface area contributed by atoms with E-state index < -0.39 is 28.6 Å². The number of hydrogen-bond acceptors (Lipinski definition) is 4. The molecule has 0 saturated carbocycles. The van der Waals surface area contributed by atoms with Crippen molar-refractivity contribution in [2.75, 3.05) is 0 Å². The predicted octanol–water partition coefficient (Wildman–Crippen LogP) is 3.48. The predicted molar refractivity (Wildman–Crippen MR) is 78.2 cm³/mol. The lowest BCUT2D eigenvalue weighted by molar-refractivity contribution is -0.281.